The molecule has 2 aromatic carbocycles. The molecule has 0 atom stereocenters. The number of halogens is 2. The first-order chi connectivity index (χ1) is 15.1. The van der Waals surface area contributed by atoms with Crippen LogP contribution in [0.3, 0.4) is 0 Å². The second-order valence-electron chi connectivity index (χ2n) is 6.98. The lowest BCUT2D eigenvalue weighted by Crippen LogP contribution is -2.40. The third-order valence-corrected chi connectivity index (χ3v) is 5.06. The molecule has 0 radical (unpaired) electrons. The molecule has 3 aromatic rings. The van der Waals surface area contributed by atoms with Crippen LogP contribution in [0.2, 0.25) is 5.02 Å². The molecule has 160 valence electrons. The second-order valence-corrected chi connectivity index (χ2v) is 7.39. The van der Waals surface area contributed by atoms with Gasteiger partial charge in [-0.1, -0.05) is 23.7 Å². The van der Waals surface area contributed by atoms with Gasteiger partial charge in [-0.15, -0.1) is 0 Å². The van der Waals surface area contributed by atoms with Crippen molar-refractivity contribution in [3.05, 3.63) is 76.7 Å². The quantitative estimate of drug-likeness (QED) is 0.599. The molecule has 1 fully saturated rings. The van der Waals surface area contributed by atoms with Crippen molar-refractivity contribution in [2.45, 2.75) is 6.54 Å². The Bertz CT molecular complexity index is 1060. The zero-order valence-corrected chi connectivity index (χ0v) is 17.4. The summed E-state index contributed by atoms with van der Waals surface area (Å²) in [6.45, 7) is 2.70. The highest BCUT2D eigenvalue weighted by atomic mass is 35.5. The summed E-state index contributed by atoms with van der Waals surface area (Å²) < 4.78 is 18.6. The van der Waals surface area contributed by atoms with E-state index in [-0.39, 0.29) is 11.7 Å². The second kappa shape index (κ2) is 9.72. The number of rotatable bonds is 6. The first-order valence-electron chi connectivity index (χ1n) is 9.83. The molecular formula is C22H21ClFN5O2. The molecule has 31 heavy (non-hydrogen) atoms. The smallest absolute Gasteiger partial charge is 0.254 e. The minimum absolute atomic E-state index is 0.0126. The Kier molecular flexibility index (Phi) is 6.59. The Hall–Kier alpha value is -3.23. The van der Waals surface area contributed by atoms with Gasteiger partial charge in [-0.2, -0.15) is 4.98 Å². The number of benzene rings is 2. The number of morpholine rings is 1. The van der Waals surface area contributed by atoms with Gasteiger partial charge in [0.15, 0.2) is 5.82 Å². The summed E-state index contributed by atoms with van der Waals surface area (Å²) in [5, 5.41) is 6.55. The zero-order valence-electron chi connectivity index (χ0n) is 16.6. The highest BCUT2D eigenvalue weighted by Crippen LogP contribution is 2.22. The number of carbonyl (C=O) groups excluding carboxylic acids is 1. The van der Waals surface area contributed by atoms with E-state index in [2.05, 4.69) is 20.6 Å². The predicted octanol–water partition coefficient (Wildman–Crippen LogP) is 4.10. The molecular weight excluding hydrogens is 421 g/mol. The number of anilines is 3. The molecule has 1 aliphatic heterocycles. The average Bonchev–Trinajstić information content (AvgIpc) is 2.80. The fourth-order valence-electron chi connectivity index (χ4n) is 3.16. The van der Waals surface area contributed by atoms with Crippen LogP contribution >= 0.6 is 11.6 Å². The number of amides is 1. The van der Waals surface area contributed by atoms with Gasteiger partial charge < -0.3 is 20.3 Å². The van der Waals surface area contributed by atoms with E-state index in [0.29, 0.717) is 55.2 Å². The van der Waals surface area contributed by atoms with Gasteiger partial charge in [-0.25, -0.2) is 9.37 Å². The van der Waals surface area contributed by atoms with E-state index in [1.807, 2.05) is 6.07 Å². The molecule has 9 heteroatoms. The van der Waals surface area contributed by atoms with Crippen LogP contribution in [0.15, 0.2) is 54.7 Å². The molecule has 7 nitrogen and oxygen atoms in total. The van der Waals surface area contributed by atoms with Crippen LogP contribution in [0.4, 0.5) is 21.8 Å². The fraction of sp³-hybridized carbons (Fsp3) is 0.227. The molecule has 0 spiro atoms. The molecule has 2 heterocycles. The Balaban J connectivity index is 1.40. The monoisotopic (exact) mass is 441 g/mol. The highest BCUT2D eigenvalue weighted by molar-refractivity contribution is 6.32. The van der Waals surface area contributed by atoms with Crippen LogP contribution in [0.1, 0.15) is 15.9 Å². The maximum Gasteiger partial charge on any atom is 0.254 e. The van der Waals surface area contributed by atoms with Crippen molar-refractivity contribution in [1.82, 2.24) is 14.9 Å². The lowest BCUT2D eigenvalue weighted by molar-refractivity contribution is 0.0303. The molecule has 1 aliphatic rings. The van der Waals surface area contributed by atoms with Crippen molar-refractivity contribution >= 4 is 35.0 Å². The van der Waals surface area contributed by atoms with Gasteiger partial charge in [0.25, 0.3) is 5.91 Å². The number of carbonyl (C=O) groups is 1. The van der Waals surface area contributed by atoms with Gasteiger partial charge in [0.2, 0.25) is 5.95 Å². The van der Waals surface area contributed by atoms with Gasteiger partial charge in [0.1, 0.15) is 10.8 Å². The van der Waals surface area contributed by atoms with Crippen molar-refractivity contribution in [3.63, 3.8) is 0 Å². The van der Waals surface area contributed by atoms with E-state index >= 15 is 0 Å². The largest absolute Gasteiger partial charge is 0.378 e. The normalized spacial score (nSPS) is 13.7. The molecule has 0 aliphatic carbocycles. The molecule has 1 aromatic heterocycles. The first kappa shape index (κ1) is 21.0. The molecule has 0 unspecified atom stereocenters. The predicted molar refractivity (Wildman–Crippen MR) is 117 cm³/mol. The first-order valence-corrected chi connectivity index (χ1v) is 10.2. The fourth-order valence-corrected chi connectivity index (χ4v) is 3.32. The highest BCUT2D eigenvalue weighted by Gasteiger charge is 2.18. The number of hydrogen-bond donors (Lipinski definition) is 2. The molecule has 0 bridgehead atoms. The lowest BCUT2D eigenvalue weighted by Gasteiger charge is -2.26. The third kappa shape index (κ3) is 5.48. The average molecular weight is 442 g/mol. The molecule has 4 rings (SSSR count). The summed E-state index contributed by atoms with van der Waals surface area (Å²) in [6.07, 6.45) is 1.49. The number of nitrogens with zero attached hydrogens (tertiary/aromatic N) is 3. The van der Waals surface area contributed by atoms with Crippen LogP contribution < -0.4 is 10.6 Å². The summed E-state index contributed by atoms with van der Waals surface area (Å²) in [4.78, 5) is 22.9. The van der Waals surface area contributed by atoms with Gasteiger partial charge in [-0.3, -0.25) is 4.79 Å². The van der Waals surface area contributed by atoms with Crippen LogP contribution in [0.25, 0.3) is 0 Å². The van der Waals surface area contributed by atoms with Crippen molar-refractivity contribution in [2.24, 2.45) is 0 Å². The summed E-state index contributed by atoms with van der Waals surface area (Å²) in [5.41, 5.74) is 2.11. The number of nitrogens with one attached hydrogen (secondary N) is 2. The van der Waals surface area contributed by atoms with Crippen molar-refractivity contribution in [1.29, 1.82) is 0 Å². The standard InChI is InChI=1S/C22H21ClFN5O2/c23-19-14-26-22(28-20(19)25-13-15-2-1-3-17(24)12-15)27-18-6-4-16(5-7-18)21(30)29-8-10-31-11-9-29/h1-7,12,14H,8-11,13H2,(H2,25,26,27,28). The Labute approximate surface area is 184 Å². The number of ether oxygens (including phenoxy) is 1. The van der Waals surface area contributed by atoms with Gasteiger partial charge in [-0.05, 0) is 42.0 Å². The maximum absolute atomic E-state index is 13.3. The Morgan fingerprint density at radius 2 is 1.94 bits per heavy atom. The van der Waals surface area contributed by atoms with E-state index in [4.69, 9.17) is 16.3 Å². The van der Waals surface area contributed by atoms with Crippen LogP contribution in [0.5, 0.6) is 0 Å². The third-order valence-electron chi connectivity index (χ3n) is 4.78. The lowest BCUT2D eigenvalue weighted by atomic mass is 10.1. The van der Waals surface area contributed by atoms with E-state index in [1.54, 1.807) is 35.2 Å². The Morgan fingerprint density at radius 3 is 2.68 bits per heavy atom. The number of hydrogen-bond acceptors (Lipinski definition) is 6. The van der Waals surface area contributed by atoms with E-state index in [9.17, 15) is 9.18 Å². The van der Waals surface area contributed by atoms with Gasteiger partial charge >= 0.3 is 0 Å². The zero-order chi connectivity index (χ0) is 21.6. The molecule has 1 amide bonds. The Morgan fingerprint density at radius 1 is 1.16 bits per heavy atom. The van der Waals surface area contributed by atoms with Gasteiger partial charge in [0.05, 0.1) is 19.4 Å². The van der Waals surface area contributed by atoms with E-state index < -0.39 is 0 Å². The van der Waals surface area contributed by atoms with E-state index in [1.165, 1.54) is 18.3 Å². The van der Waals surface area contributed by atoms with Crippen LogP contribution in [-0.2, 0) is 11.3 Å². The van der Waals surface area contributed by atoms with Crippen LogP contribution in [0, 0.1) is 5.82 Å². The number of aromatic nitrogens is 2. The topological polar surface area (TPSA) is 79.4 Å². The summed E-state index contributed by atoms with van der Waals surface area (Å²) >= 11 is 6.19. The van der Waals surface area contributed by atoms with Crippen molar-refractivity contribution in [2.75, 3.05) is 36.9 Å². The summed E-state index contributed by atoms with van der Waals surface area (Å²) in [5.74, 6) is 0.466. The molecule has 0 saturated carbocycles. The maximum atomic E-state index is 13.3. The molecule has 2 N–H and O–H groups in total. The summed E-state index contributed by atoms with van der Waals surface area (Å²) in [6, 6.07) is 13.4. The molecule has 1 saturated heterocycles. The SMILES string of the molecule is O=C(c1ccc(Nc2ncc(Cl)c(NCc3cccc(F)c3)n2)cc1)N1CCOCC1. The van der Waals surface area contributed by atoms with Crippen LogP contribution in [-0.4, -0.2) is 47.1 Å². The van der Waals surface area contributed by atoms with E-state index in [0.717, 1.165) is 11.3 Å². The van der Waals surface area contributed by atoms with Crippen molar-refractivity contribution < 1.29 is 13.9 Å². The van der Waals surface area contributed by atoms with Gasteiger partial charge in [0, 0.05) is 30.9 Å². The minimum Gasteiger partial charge on any atom is -0.378 e. The minimum atomic E-state index is -0.300. The summed E-state index contributed by atoms with van der Waals surface area (Å²) in [7, 11) is 0. The van der Waals surface area contributed by atoms with Crippen molar-refractivity contribution in [3.8, 4) is 0 Å².